The minimum atomic E-state index is -1.01. The number of nitrogens with one attached hydrogen (secondary N) is 1. The van der Waals surface area contributed by atoms with E-state index >= 15 is 0 Å². The van der Waals surface area contributed by atoms with E-state index < -0.39 is 17.9 Å². The van der Waals surface area contributed by atoms with Gasteiger partial charge in [-0.25, -0.2) is 9.18 Å². The number of carbonyl (C=O) groups is 1. The maximum Gasteiger partial charge on any atom is 0.410 e. The molecule has 4 nitrogen and oxygen atoms in total. The van der Waals surface area contributed by atoms with Crippen LogP contribution in [0.15, 0.2) is 0 Å². The molecule has 1 amide bonds. The number of carbonyl (C=O) groups excluding carboxylic acids is 1. The third-order valence-electron chi connectivity index (χ3n) is 1.99. The molecular formula is C10H19FN2O2. The quantitative estimate of drug-likeness (QED) is 0.663. The number of rotatable bonds is 0. The highest BCUT2D eigenvalue weighted by molar-refractivity contribution is 5.68. The van der Waals surface area contributed by atoms with Crippen molar-refractivity contribution in [3.63, 3.8) is 0 Å². The number of alkyl halides is 1. The van der Waals surface area contributed by atoms with Crippen LogP contribution in [0.2, 0.25) is 0 Å². The summed E-state index contributed by atoms with van der Waals surface area (Å²) in [6.45, 7) is 6.92. The predicted molar refractivity (Wildman–Crippen MR) is 55.6 cm³/mol. The van der Waals surface area contributed by atoms with Crippen LogP contribution < -0.4 is 5.32 Å². The average molecular weight is 218 g/mol. The van der Waals surface area contributed by atoms with Gasteiger partial charge in [-0.2, -0.15) is 0 Å². The first-order valence-corrected chi connectivity index (χ1v) is 5.21. The van der Waals surface area contributed by atoms with E-state index in [9.17, 15) is 9.18 Å². The first kappa shape index (κ1) is 12.2. The van der Waals surface area contributed by atoms with Crippen LogP contribution in [-0.2, 0) is 4.74 Å². The highest BCUT2D eigenvalue weighted by Crippen LogP contribution is 2.11. The molecule has 15 heavy (non-hydrogen) atoms. The van der Waals surface area contributed by atoms with E-state index in [-0.39, 0.29) is 6.54 Å². The van der Waals surface area contributed by atoms with Crippen LogP contribution in [0.3, 0.4) is 0 Å². The van der Waals surface area contributed by atoms with Crippen molar-refractivity contribution < 1.29 is 13.9 Å². The maximum atomic E-state index is 13.2. The number of ether oxygens (including phenoxy) is 1. The Labute approximate surface area is 89.8 Å². The van der Waals surface area contributed by atoms with Crippen LogP contribution in [-0.4, -0.2) is 48.9 Å². The van der Waals surface area contributed by atoms with Gasteiger partial charge in [-0.3, -0.25) is 0 Å². The van der Waals surface area contributed by atoms with E-state index in [4.69, 9.17) is 4.74 Å². The molecule has 0 radical (unpaired) electrons. The molecule has 88 valence electrons. The second-order valence-electron chi connectivity index (χ2n) is 4.73. The molecule has 0 saturated carbocycles. The standard InChI is InChI=1S/C10H19FN2O2/c1-10(2,3)15-9(14)13-5-4-12-6-8(11)7-13/h8,12H,4-7H2,1-3H3. The van der Waals surface area contributed by atoms with Gasteiger partial charge in [0.2, 0.25) is 0 Å². The van der Waals surface area contributed by atoms with Gasteiger partial charge in [-0.05, 0) is 20.8 Å². The van der Waals surface area contributed by atoms with Crippen molar-refractivity contribution in [2.75, 3.05) is 26.2 Å². The summed E-state index contributed by atoms with van der Waals surface area (Å²) in [7, 11) is 0. The number of halogens is 1. The van der Waals surface area contributed by atoms with Crippen molar-refractivity contribution in [1.29, 1.82) is 0 Å². The van der Waals surface area contributed by atoms with Crippen LogP contribution in [0.5, 0.6) is 0 Å². The zero-order valence-corrected chi connectivity index (χ0v) is 9.55. The summed E-state index contributed by atoms with van der Waals surface area (Å²) in [6, 6.07) is 0. The molecule has 0 aromatic rings. The molecule has 1 N–H and O–H groups in total. The molecule has 1 atom stereocenters. The highest BCUT2D eigenvalue weighted by atomic mass is 19.1. The van der Waals surface area contributed by atoms with E-state index in [1.165, 1.54) is 4.90 Å². The summed E-state index contributed by atoms with van der Waals surface area (Å²) in [6.07, 6.45) is -1.45. The second kappa shape index (κ2) is 4.79. The topological polar surface area (TPSA) is 41.6 Å². The molecule has 0 spiro atoms. The SMILES string of the molecule is CC(C)(C)OC(=O)N1CCNCC(F)C1. The smallest absolute Gasteiger partial charge is 0.410 e. The summed E-state index contributed by atoms with van der Waals surface area (Å²) in [5.74, 6) is 0. The van der Waals surface area contributed by atoms with Crippen LogP contribution >= 0.6 is 0 Å². The molecule has 1 aliphatic rings. The molecule has 5 heteroatoms. The molecule has 1 unspecified atom stereocenters. The largest absolute Gasteiger partial charge is 0.444 e. The molecule has 0 bridgehead atoms. The minimum absolute atomic E-state index is 0.113. The Morgan fingerprint density at radius 2 is 2.20 bits per heavy atom. The van der Waals surface area contributed by atoms with Gasteiger partial charge in [-0.1, -0.05) is 0 Å². The first-order valence-electron chi connectivity index (χ1n) is 5.21. The number of amides is 1. The summed E-state index contributed by atoms with van der Waals surface area (Å²) < 4.78 is 18.3. The summed E-state index contributed by atoms with van der Waals surface area (Å²) in [5, 5.41) is 2.92. The van der Waals surface area contributed by atoms with Crippen molar-refractivity contribution in [3.05, 3.63) is 0 Å². The average Bonchev–Trinajstić information content (AvgIpc) is 2.26. The monoisotopic (exact) mass is 218 g/mol. The van der Waals surface area contributed by atoms with Crippen molar-refractivity contribution >= 4 is 6.09 Å². The second-order valence-corrected chi connectivity index (χ2v) is 4.73. The van der Waals surface area contributed by atoms with Gasteiger partial charge < -0.3 is 15.0 Å². The summed E-state index contributed by atoms with van der Waals surface area (Å²) in [4.78, 5) is 13.0. The van der Waals surface area contributed by atoms with Gasteiger partial charge in [0.05, 0.1) is 6.54 Å². The van der Waals surface area contributed by atoms with E-state index in [1.807, 2.05) is 0 Å². The Morgan fingerprint density at radius 3 is 2.80 bits per heavy atom. The highest BCUT2D eigenvalue weighted by Gasteiger charge is 2.25. The number of hydrogen-bond donors (Lipinski definition) is 1. The van der Waals surface area contributed by atoms with Crippen molar-refractivity contribution in [3.8, 4) is 0 Å². The molecular weight excluding hydrogens is 199 g/mol. The minimum Gasteiger partial charge on any atom is -0.444 e. The first-order chi connectivity index (χ1) is 6.88. The number of hydrogen-bond acceptors (Lipinski definition) is 3. The fourth-order valence-corrected chi connectivity index (χ4v) is 1.36. The third-order valence-corrected chi connectivity index (χ3v) is 1.99. The third kappa shape index (κ3) is 4.46. The number of nitrogens with zero attached hydrogens (tertiary/aromatic N) is 1. The Hall–Kier alpha value is -0.840. The molecule has 0 aromatic heterocycles. The van der Waals surface area contributed by atoms with Gasteiger partial charge in [0.25, 0.3) is 0 Å². The maximum absolute atomic E-state index is 13.2. The Bertz CT molecular complexity index is 228. The molecule has 0 aromatic carbocycles. The van der Waals surface area contributed by atoms with Gasteiger partial charge in [0.1, 0.15) is 11.8 Å². The Balaban J connectivity index is 2.50. The summed E-state index contributed by atoms with van der Waals surface area (Å²) in [5.41, 5.74) is -0.525. The van der Waals surface area contributed by atoms with Crippen molar-refractivity contribution in [2.45, 2.75) is 32.5 Å². The van der Waals surface area contributed by atoms with Crippen LogP contribution in [0.1, 0.15) is 20.8 Å². The van der Waals surface area contributed by atoms with Gasteiger partial charge in [0.15, 0.2) is 0 Å². The molecule has 1 heterocycles. The van der Waals surface area contributed by atoms with E-state index in [1.54, 1.807) is 20.8 Å². The lowest BCUT2D eigenvalue weighted by atomic mass is 10.2. The van der Waals surface area contributed by atoms with E-state index in [2.05, 4.69) is 5.32 Å². The molecule has 1 rings (SSSR count). The van der Waals surface area contributed by atoms with Crippen LogP contribution in [0.4, 0.5) is 9.18 Å². The van der Waals surface area contributed by atoms with Crippen LogP contribution in [0, 0.1) is 0 Å². The lowest BCUT2D eigenvalue weighted by Gasteiger charge is -2.26. The lowest BCUT2D eigenvalue weighted by Crippen LogP contribution is -2.40. The van der Waals surface area contributed by atoms with E-state index in [0.717, 1.165) is 0 Å². The Morgan fingerprint density at radius 1 is 1.53 bits per heavy atom. The fraction of sp³-hybridized carbons (Fsp3) is 0.900. The molecule has 0 aliphatic carbocycles. The van der Waals surface area contributed by atoms with Gasteiger partial charge in [-0.15, -0.1) is 0 Å². The molecule has 1 aliphatic heterocycles. The predicted octanol–water partition coefficient (Wildman–Crippen LogP) is 1.16. The van der Waals surface area contributed by atoms with Gasteiger partial charge in [0, 0.05) is 19.6 Å². The zero-order chi connectivity index (χ0) is 11.5. The normalized spacial score (nSPS) is 23.5. The van der Waals surface area contributed by atoms with Crippen molar-refractivity contribution in [1.82, 2.24) is 10.2 Å². The Kier molecular flexibility index (Phi) is 3.90. The summed E-state index contributed by atoms with van der Waals surface area (Å²) >= 11 is 0. The van der Waals surface area contributed by atoms with E-state index in [0.29, 0.717) is 19.6 Å². The zero-order valence-electron chi connectivity index (χ0n) is 9.55. The van der Waals surface area contributed by atoms with Crippen molar-refractivity contribution in [2.24, 2.45) is 0 Å². The fourth-order valence-electron chi connectivity index (χ4n) is 1.36. The lowest BCUT2D eigenvalue weighted by molar-refractivity contribution is 0.0229. The van der Waals surface area contributed by atoms with Gasteiger partial charge >= 0.3 is 6.09 Å². The molecule has 1 saturated heterocycles. The molecule has 1 fully saturated rings. The van der Waals surface area contributed by atoms with Crippen LogP contribution in [0.25, 0.3) is 0 Å².